The largest absolute Gasteiger partial charge is 0.478 e. The first-order valence-electron chi connectivity index (χ1n) is 10.1. The van der Waals surface area contributed by atoms with Crippen molar-refractivity contribution in [3.05, 3.63) is 73.7 Å². The molecule has 0 aliphatic heterocycles. The molecule has 2 N–H and O–H groups in total. The van der Waals surface area contributed by atoms with E-state index in [0.29, 0.717) is 5.56 Å². The first-order chi connectivity index (χ1) is 16.9. The third-order valence-electron chi connectivity index (χ3n) is 4.99. The number of amides is 1. The predicted octanol–water partition coefficient (Wildman–Crippen LogP) is 3.75. The molecule has 8 nitrogen and oxygen atoms in total. The highest BCUT2D eigenvalue weighted by Gasteiger charge is 2.30. The fraction of sp³-hybridized carbons (Fsp3) is 0.182. The Morgan fingerprint density at radius 1 is 1.19 bits per heavy atom. The monoisotopic (exact) mass is 526 g/mol. The molecule has 0 fully saturated rings. The number of nitrogens with one attached hydrogen (secondary N) is 2. The summed E-state index contributed by atoms with van der Waals surface area (Å²) in [7, 11) is 1.30. The van der Waals surface area contributed by atoms with Crippen LogP contribution in [-0.2, 0) is 18.3 Å². The summed E-state index contributed by atoms with van der Waals surface area (Å²) in [5, 5.41) is 4.16. The van der Waals surface area contributed by atoms with Crippen LogP contribution in [0.5, 0.6) is 5.75 Å². The van der Waals surface area contributed by atoms with Gasteiger partial charge in [0.25, 0.3) is 5.56 Å². The van der Waals surface area contributed by atoms with E-state index in [1.807, 2.05) is 0 Å². The van der Waals surface area contributed by atoms with Gasteiger partial charge in [0.2, 0.25) is 5.91 Å². The van der Waals surface area contributed by atoms with Gasteiger partial charge in [0.05, 0.1) is 23.0 Å². The molecule has 0 saturated heterocycles. The maximum absolute atomic E-state index is 14.2. The van der Waals surface area contributed by atoms with Gasteiger partial charge in [-0.3, -0.25) is 14.2 Å². The maximum atomic E-state index is 14.2. The Morgan fingerprint density at radius 2 is 1.89 bits per heavy atom. The zero-order valence-electron chi connectivity index (χ0n) is 18.2. The third kappa shape index (κ3) is 5.27. The summed E-state index contributed by atoms with van der Waals surface area (Å²) in [6, 6.07) is 6.20. The number of thiazole rings is 1. The van der Waals surface area contributed by atoms with E-state index in [0.717, 1.165) is 28.0 Å². The number of aromatic nitrogens is 3. The van der Waals surface area contributed by atoms with Crippen LogP contribution in [0.4, 0.5) is 27.1 Å². The van der Waals surface area contributed by atoms with Gasteiger partial charge < -0.3 is 15.0 Å². The Morgan fingerprint density at radius 3 is 2.56 bits per heavy atom. The second-order valence-electron chi connectivity index (χ2n) is 7.57. The van der Waals surface area contributed by atoms with Crippen LogP contribution < -0.4 is 21.3 Å². The second-order valence-corrected chi connectivity index (χ2v) is 8.43. The quantitative estimate of drug-likeness (QED) is 0.373. The number of aromatic amines is 1. The predicted molar refractivity (Wildman–Crippen MR) is 121 cm³/mol. The molecule has 2 heterocycles. The summed E-state index contributed by atoms with van der Waals surface area (Å²) < 4.78 is 70.3. The average molecular weight is 526 g/mol. The number of H-pyrrole nitrogens is 1. The number of rotatable bonds is 6. The summed E-state index contributed by atoms with van der Waals surface area (Å²) in [5.41, 5.74) is -0.554. The number of hydrogen-bond donors (Lipinski definition) is 2. The van der Waals surface area contributed by atoms with E-state index in [4.69, 9.17) is 0 Å². The summed E-state index contributed by atoms with van der Waals surface area (Å²) in [6.45, 7) is -1.86. The van der Waals surface area contributed by atoms with Crippen LogP contribution in [0.3, 0.4) is 0 Å². The number of hydrogen-bond acceptors (Lipinski definition) is 6. The van der Waals surface area contributed by atoms with E-state index < -0.39 is 47.3 Å². The smallest absolute Gasteiger partial charge is 0.422 e. The van der Waals surface area contributed by atoms with Crippen molar-refractivity contribution in [1.82, 2.24) is 14.5 Å². The topological polar surface area (TPSA) is 106 Å². The number of halogens is 5. The van der Waals surface area contributed by atoms with E-state index in [2.05, 4.69) is 20.0 Å². The molecule has 36 heavy (non-hydrogen) atoms. The van der Waals surface area contributed by atoms with Crippen molar-refractivity contribution in [1.29, 1.82) is 0 Å². The lowest BCUT2D eigenvalue weighted by Gasteiger charge is -2.11. The molecular weight excluding hydrogens is 511 g/mol. The number of nitrogens with zero attached hydrogens (tertiary/aromatic N) is 2. The molecule has 0 atom stereocenters. The Bertz CT molecular complexity index is 1570. The van der Waals surface area contributed by atoms with E-state index in [1.165, 1.54) is 18.5 Å². The molecule has 188 valence electrons. The molecule has 0 unspecified atom stereocenters. The molecule has 2 aromatic carbocycles. The molecule has 0 aliphatic carbocycles. The first-order valence-corrected chi connectivity index (χ1v) is 11.0. The van der Waals surface area contributed by atoms with Crippen molar-refractivity contribution in [3.63, 3.8) is 0 Å². The van der Waals surface area contributed by atoms with E-state index in [-0.39, 0.29) is 33.7 Å². The summed E-state index contributed by atoms with van der Waals surface area (Å²) >= 11 is 0.943. The lowest BCUT2D eigenvalue weighted by Crippen LogP contribution is -2.33. The molecule has 1 amide bonds. The van der Waals surface area contributed by atoms with Crippen molar-refractivity contribution in [3.8, 4) is 17.0 Å². The van der Waals surface area contributed by atoms with Crippen molar-refractivity contribution in [2.75, 3.05) is 11.9 Å². The van der Waals surface area contributed by atoms with Gasteiger partial charge >= 0.3 is 11.9 Å². The van der Waals surface area contributed by atoms with Gasteiger partial charge in [-0.15, -0.1) is 11.3 Å². The molecule has 2 aromatic heterocycles. The van der Waals surface area contributed by atoms with Crippen LogP contribution in [0.15, 0.2) is 45.3 Å². The molecular formula is C22H15F5N4O4S. The molecule has 0 spiro atoms. The van der Waals surface area contributed by atoms with Crippen molar-refractivity contribution >= 4 is 33.3 Å². The van der Waals surface area contributed by atoms with Gasteiger partial charge in [0, 0.05) is 18.0 Å². The number of anilines is 1. The van der Waals surface area contributed by atoms with Crippen molar-refractivity contribution < 1.29 is 31.5 Å². The van der Waals surface area contributed by atoms with Crippen LogP contribution >= 0.6 is 11.3 Å². The number of carbonyl (C=O) groups excluding carboxylic acids is 1. The minimum Gasteiger partial charge on any atom is -0.478 e. The summed E-state index contributed by atoms with van der Waals surface area (Å²) in [6.07, 6.45) is -5.00. The molecule has 0 saturated carbocycles. The minimum atomic E-state index is -4.77. The second kappa shape index (κ2) is 9.53. The zero-order valence-corrected chi connectivity index (χ0v) is 19.0. The van der Waals surface area contributed by atoms with Crippen LogP contribution in [0, 0.1) is 11.6 Å². The molecule has 0 radical (unpaired) electrons. The normalized spacial score (nSPS) is 11.6. The van der Waals surface area contributed by atoms with Crippen LogP contribution in [0.25, 0.3) is 22.2 Å². The average Bonchev–Trinajstić information content (AvgIpc) is 3.24. The van der Waals surface area contributed by atoms with E-state index in [1.54, 1.807) is 12.1 Å². The minimum absolute atomic E-state index is 0.0621. The molecule has 14 heteroatoms. The lowest BCUT2D eigenvalue weighted by atomic mass is 10.1. The van der Waals surface area contributed by atoms with Crippen molar-refractivity contribution in [2.45, 2.75) is 12.6 Å². The Hall–Kier alpha value is -4.07. The van der Waals surface area contributed by atoms with Gasteiger partial charge in [0.15, 0.2) is 29.1 Å². The number of benzene rings is 2. The van der Waals surface area contributed by atoms with E-state index in [9.17, 15) is 36.3 Å². The first kappa shape index (κ1) is 25.0. The van der Waals surface area contributed by atoms with Crippen LogP contribution in [-0.4, -0.2) is 33.2 Å². The molecule has 0 bridgehead atoms. The Kier molecular flexibility index (Phi) is 6.63. The third-order valence-corrected chi connectivity index (χ3v) is 5.75. The Labute approximate surface area is 202 Å². The van der Waals surface area contributed by atoms with Gasteiger partial charge in [-0.05, 0) is 23.8 Å². The van der Waals surface area contributed by atoms with Crippen LogP contribution in [0.2, 0.25) is 0 Å². The van der Waals surface area contributed by atoms with E-state index >= 15 is 0 Å². The molecule has 4 rings (SSSR count). The zero-order chi connectivity index (χ0) is 26.2. The number of alkyl halides is 3. The Balaban J connectivity index is 1.52. The molecule has 0 aliphatic rings. The maximum Gasteiger partial charge on any atom is 0.422 e. The fourth-order valence-corrected chi connectivity index (χ4v) is 4.10. The lowest BCUT2D eigenvalue weighted by molar-refractivity contribution is -0.154. The summed E-state index contributed by atoms with van der Waals surface area (Å²) in [4.78, 5) is 43.5. The highest BCUT2D eigenvalue weighted by Crippen LogP contribution is 2.32. The highest BCUT2D eigenvalue weighted by molar-refractivity contribution is 7.14. The van der Waals surface area contributed by atoms with Crippen molar-refractivity contribution in [2.24, 2.45) is 7.05 Å². The van der Waals surface area contributed by atoms with Gasteiger partial charge in [0.1, 0.15) is 0 Å². The highest BCUT2D eigenvalue weighted by atomic mass is 32.1. The standard InChI is InChI=1S/C22H15F5N4O4S/c1-31-19(33)17-10(3-2-4-14(17)29-21(31)34)7-16(32)30-20-28-15(8-36-20)11-5-12(23)18(13(24)6-11)35-9-22(25,26)27/h2-6,8H,7,9H2,1H3,(H,29,34)(H,28,30,32). The van der Waals surface area contributed by atoms with Gasteiger partial charge in [-0.1, -0.05) is 12.1 Å². The van der Waals surface area contributed by atoms with Gasteiger partial charge in [-0.25, -0.2) is 18.6 Å². The van der Waals surface area contributed by atoms with Crippen LogP contribution in [0.1, 0.15) is 5.56 Å². The number of carbonyl (C=O) groups is 1. The number of fused-ring (bicyclic) bond motifs is 1. The SMILES string of the molecule is Cn1c(=O)[nH]c2cccc(CC(=O)Nc3nc(-c4cc(F)c(OCC(F)(F)F)c(F)c4)cs3)c2c1=O. The summed E-state index contributed by atoms with van der Waals surface area (Å²) in [5.74, 6) is -4.40. The molecule has 4 aromatic rings. The number of ether oxygens (including phenoxy) is 1. The fourth-order valence-electron chi connectivity index (χ4n) is 3.36. The van der Waals surface area contributed by atoms with Gasteiger partial charge in [-0.2, -0.15) is 13.2 Å².